The predicted octanol–water partition coefficient (Wildman–Crippen LogP) is 1.42. The lowest BCUT2D eigenvalue weighted by Gasteiger charge is -2.33. The van der Waals surface area contributed by atoms with E-state index in [1.807, 2.05) is 0 Å². The summed E-state index contributed by atoms with van der Waals surface area (Å²) in [6.45, 7) is 1.53. The first-order chi connectivity index (χ1) is 14.7. The molecule has 1 fully saturated rings. The third-order valence-corrected chi connectivity index (χ3v) is 8.38. The van der Waals surface area contributed by atoms with Gasteiger partial charge in [-0.15, -0.1) is 10.2 Å². The fourth-order valence-corrected chi connectivity index (χ4v) is 6.21. The number of pyridine rings is 1. The molecular weight excluding hydrogens is 442 g/mol. The number of aromatic nitrogens is 3. The van der Waals surface area contributed by atoms with Gasteiger partial charge in [-0.05, 0) is 24.3 Å². The molecule has 0 bridgehead atoms. The lowest BCUT2D eigenvalue weighted by molar-refractivity contribution is 0.427. The maximum absolute atomic E-state index is 13.4. The van der Waals surface area contributed by atoms with E-state index in [4.69, 9.17) is 4.42 Å². The first kappa shape index (κ1) is 21.4. The van der Waals surface area contributed by atoms with Crippen LogP contribution in [0.1, 0.15) is 11.6 Å². The van der Waals surface area contributed by atoms with Gasteiger partial charge in [0.1, 0.15) is 0 Å². The molecule has 31 heavy (non-hydrogen) atoms. The summed E-state index contributed by atoms with van der Waals surface area (Å²) < 4.78 is 58.1. The van der Waals surface area contributed by atoms with Gasteiger partial charge in [-0.25, -0.2) is 8.42 Å². The number of anilines is 1. The van der Waals surface area contributed by atoms with Crippen LogP contribution in [0.3, 0.4) is 0 Å². The summed E-state index contributed by atoms with van der Waals surface area (Å²) in [4.78, 5) is 4.36. The van der Waals surface area contributed by atoms with E-state index in [9.17, 15) is 16.8 Å². The van der Waals surface area contributed by atoms with Crippen molar-refractivity contribution in [2.45, 2.75) is 13.5 Å². The van der Waals surface area contributed by atoms with E-state index in [1.54, 1.807) is 55.6 Å². The van der Waals surface area contributed by atoms with E-state index >= 15 is 0 Å². The minimum absolute atomic E-state index is 0.0151. The van der Waals surface area contributed by atoms with Crippen molar-refractivity contribution in [3.63, 3.8) is 0 Å². The molecule has 12 heteroatoms. The Kier molecular flexibility index (Phi) is 5.77. The SMILES string of the molecule is Cc1nnc(-c2ccc(CN(c3ccccc3)S(=O)(=O)N3CCS(=O)(=O)CC3)nc2)o1. The van der Waals surface area contributed by atoms with E-state index in [2.05, 4.69) is 15.2 Å². The smallest absolute Gasteiger partial charge is 0.304 e. The molecule has 1 aliphatic heterocycles. The summed E-state index contributed by atoms with van der Waals surface area (Å²) in [5.74, 6) is 0.388. The highest BCUT2D eigenvalue weighted by molar-refractivity contribution is 7.92. The average molecular weight is 464 g/mol. The van der Waals surface area contributed by atoms with Crippen LogP contribution in [0.5, 0.6) is 0 Å². The highest BCUT2D eigenvalue weighted by atomic mass is 32.2. The van der Waals surface area contributed by atoms with Gasteiger partial charge < -0.3 is 4.42 Å². The van der Waals surface area contributed by atoms with E-state index < -0.39 is 20.0 Å². The number of hydrogen-bond acceptors (Lipinski definition) is 8. The Morgan fingerprint density at radius 1 is 1.06 bits per heavy atom. The minimum Gasteiger partial charge on any atom is -0.421 e. The number of hydrogen-bond donors (Lipinski definition) is 0. The molecule has 0 amide bonds. The van der Waals surface area contributed by atoms with Crippen LogP contribution in [-0.2, 0) is 26.6 Å². The van der Waals surface area contributed by atoms with E-state index in [0.717, 1.165) is 0 Å². The molecule has 1 aromatic carbocycles. The maximum atomic E-state index is 13.4. The molecule has 0 N–H and O–H groups in total. The van der Waals surface area contributed by atoms with E-state index in [0.29, 0.717) is 28.7 Å². The van der Waals surface area contributed by atoms with Crippen LogP contribution < -0.4 is 4.31 Å². The van der Waals surface area contributed by atoms with Gasteiger partial charge in [0.05, 0.1) is 35.0 Å². The van der Waals surface area contributed by atoms with Crippen LogP contribution in [0, 0.1) is 6.92 Å². The second-order valence-corrected chi connectivity index (χ2v) is 11.2. The Morgan fingerprint density at radius 2 is 1.77 bits per heavy atom. The maximum Gasteiger partial charge on any atom is 0.304 e. The highest BCUT2D eigenvalue weighted by Gasteiger charge is 2.35. The summed E-state index contributed by atoms with van der Waals surface area (Å²) in [5, 5.41) is 7.74. The Labute approximate surface area is 180 Å². The molecule has 3 heterocycles. The molecule has 1 saturated heterocycles. The molecule has 0 aliphatic carbocycles. The van der Waals surface area contributed by atoms with Crippen LogP contribution >= 0.6 is 0 Å². The number of para-hydroxylation sites is 1. The second kappa shape index (κ2) is 8.36. The first-order valence-electron chi connectivity index (χ1n) is 9.53. The normalized spacial score (nSPS) is 16.8. The number of sulfone groups is 1. The lowest BCUT2D eigenvalue weighted by atomic mass is 10.2. The lowest BCUT2D eigenvalue weighted by Crippen LogP contribution is -2.50. The zero-order valence-corrected chi connectivity index (χ0v) is 18.4. The molecule has 4 rings (SSSR count). The first-order valence-corrected chi connectivity index (χ1v) is 12.8. The fourth-order valence-electron chi connectivity index (χ4n) is 3.17. The van der Waals surface area contributed by atoms with Crippen molar-refractivity contribution in [1.82, 2.24) is 19.5 Å². The molecule has 164 valence electrons. The third kappa shape index (κ3) is 4.75. The third-order valence-electron chi connectivity index (χ3n) is 4.86. The van der Waals surface area contributed by atoms with Crippen molar-refractivity contribution in [2.75, 3.05) is 28.9 Å². The molecule has 0 unspecified atom stereocenters. The van der Waals surface area contributed by atoms with Gasteiger partial charge in [-0.2, -0.15) is 12.7 Å². The molecule has 0 spiro atoms. The Bertz CT molecular complexity index is 1240. The number of benzene rings is 1. The Hall–Kier alpha value is -2.83. The largest absolute Gasteiger partial charge is 0.421 e. The molecule has 0 radical (unpaired) electrons. The Balaban J connectivity index is 1.62. The van der Waals surface area contributed by atoms with Crippen molar-refractivity contribution < 1.29 is 21.3 Å². The number of aryl methyl sites for hydroxylation is 1. The summed E-state index contributed by atoms with van der Waals surface area (Å²) in [5.41, 5.74) is 1.60. The second-order valence-electron chi connectivity index (χ2n) is 7.07. The zero-order valence-electron chi connectivity index (χ0n) is 16.7. The average Bonchev–Trinajstić information content (AvgIpc) is 3.19. The van der Waals surface area contributed by atoms with E-state index in [1.165, 1.54) is 8.61 Å². The van der Waals surface area contributed by atoms with Crippen molar-refractivity contribution in [1.29, 1.82) is 0 Å². The van der Waals surface area contributed by atoms with Crippen molar-refractivity contribution >= 4 is 25.7 Å². The van der Waals surface area contributed by atoms with Crippen LogP contribution in [0.2, 0.25) is 0 Å². The zero-order chi connectivity index (χ0) is 22.1. The number of rotatable bonds is 6. The van der Waals surface area contributed by atoms with Gasteiger partial charge in [0.25, 0.3) is 0 Å². The van der Waals surface area contributed by atoms with Crippen LogP contribution in [0.25, 0.3) is 11.5 Å². The topological polar surface area (TPSA) is 127 Å². The molecule has 3 aromatic rings. The summed E-state index contributed by atoms with van der Waals surface area (Å²) in [7, 11) is -7.17. The summed E-state index contributed by atoms with van der Waals surface area (Å²) in [6, 6.07) is 12.1. The predicted molar refractivity (Wildman–Crippen MR) is 114 cm³/mol. The minimum atomic E-state index is -3.96. The quantitative estimate of drug-likeness (QED) is 0.537. The van der Waals surface area contributed by atoms with E-state index in [-0.39, 0.29) is 31.1 Å². The van der Waals surface area contributed by atoms with Gasteiger partial charge in [0.15, 0.2) is 9.84 Å². The summed E-state index contributed by atoms with van der Waals surface area (Å²) >= 11 is 0. The van der Waals surface area contributed by atoms with Gasteiger partial charge in [0.2, 0.25) is 11.8 Å². The Morgan fingerprint density at radius 3 is 2.35 bits per heavy atom. The number of nitrogens with zero attached hydrogens (tertiary/aromatic N) is 5. The van der Waals surface area contributed by atoms with Crippen molar-refractivity contribution in [3.8, 4) is 11.5 Å². The van der Waals surface area contributed by atoms with Gasteiger partial charge in [-0.3, -0.25) is 9.29 Å². The molecule has 1 aliphatic rings. The van der Waals surface area contributed by atoms with Crippen molar-refractivity contribution in [2.24, 2.45) is 0 Å². The van der Waals surface area contributed by atoms with Crippen molar-refractivity contribution in [3.05, 3.63) is 60.2 Å². The fraction of sp³-hybridized carbons (Fsp3) is 0.316. The van der Waals surface area contributed by atoms with Crippen LogP contribution in [-0.4, -0.2) is 60.9 Å². The molecule has 2 aromatic heterocycles. The van der Waals surface area contributed by atoms with Crippen LogP contribution in [0.4, 0.5) is 5.69 Å². The van der Waals surface area contributed by atoms with Crippen LogP contribution in [0.15, 0.2) is 53.1 Å². The standard InChI is InChI=1S/C19H21N5O5S2/c1-15-21-22-19(29-15)16-7-8-17(20-13-16)14-24(18-5-3-2-4-6-18)31(27,28)23-9-11-30(25,26)12-10-23/h2-8,13H,9-12,14H2,1H3. The molecular formula is C19H21N5O5S2. The highest BCUT2D eigenvalue weighted by Crippen LogP contribution is 2.25. The van der Waals surface area contributed by atoms with Gasteiger partial charge >= 0.3 is 10.2 Å². The van der Waals surface area contributed by atoms with Gasteiger partial charge in [0, 0.05) is 26.2 Å². The molecule has 0 saturated carbocycles. The molecule has 10 nitrogen and oxygen atoms in total. The van der Waals surface area contributed by atoms with Gasteiger partial charge in [-0.1, -0.05) is 18.2 Å². The summed E-state index contributed by atoms with van der Waals surface area (Å²) in [6.07, 6.45) is 1.55. The molecule has 0 atom stereocenters. The monoisotopic (exact) mass is 463 g/mol.